The zero-order valence-corrected chi connectivity index (χ0v) is 20.0. The molecule has 0 spiro atoms. The van der Waals surface area contributed by atoms with Crippen molar-refractivity contribution >= 4 is 29.3 Å². The molecule has 0 radical (unpaired) electrons. The summed E-state index contributed by atoms with van der Waals surface area (Å²) in [5.74, 6) is -2.11. The van der Waals surface area contributed by atoms with Gasteiger partial charge in [0.2, 0.25) is 0 Å². The number of rotatable bonds is 8. The van der Waals surface area contributed by atoms with Crippen LogP contribution < -0.4 is 10.6 Å². The maximum atomic E-state index is 12.4. The zero-order valence-electron chi connectivity index (χ0n) is 19.1. The van der Waals surface area contributed by atoms with Gasteiger partial charge in [-0.15, -0.1) is 11.3 Å². The summed E-state index contributed by atoms with van der Waals surface area (Å²) in [6.07, 6.45) is -1.88. The first kappa shape index (κ1) is 24.4. The predicted molar refractivity (Wildman–Crippen MR) is 129 cm³/mol. The smallest absolute Gasteiger partial charge is 0.407 e. The largest absolute Gasteiger partial charge is 0.480 e. The Balaban J connectivity index is 1.35. The maximum absolute atomic E-state index is 12.4. The third-order valence-electron chi connectivity index (χ3n) is 5.82. The minimum atomic E-state index is -1.45. The number of nitrogens with one attached hydrogen (secondary N) is 2. The number of carbonyl (C=O) groups is 3. The summed E-state index contributed by atoms with van der Waals surface area (Å²) in [6.45, 7) is 3.17. The van der Waals surface area contributed by atoms with Crippen LogP contribution in [-0.4, -0.2) is 51.9 Å². The molecule has 0 fully saturated rings. The van der Waals surface area contributed by atoms with Gasteiger partial charge in [0.05, 0.1) is 12.6 Å². The van der Waals surface area contributed by atoms with Gasteiger partial charge in [-0.1, -0.05) is 48.5 Å². The third-order valence-corrected chi connectivity index (χ3v) is 6.79. The first-order valence-corrected chi connectivity index (χ1v) is 11.8. The second kappa shape index (κ2) is 10.2. The molecular weight excluding hydrogens is 470 g/mol. The lowest BCUT2D eigenvalue weighted by Gasteiger charge is -2.16. The van der Waals surface area contributed by atoms with Gasteiger partial charge < -0.3 is 25.6 Å². The highest BCUT2D eigenvalue weighted by Crippen LogP contribution is 2.44. The molecule has 4 rings (SSSR count). The van der Waals surface area contributed by atoms with Gasteiger partial charge >= 0.3 is 12.1 Å². The number of aliphatic carboxylic acids is 1. The van der Waals surface area contributed by atoms with Crippen LogP contribution in [0.4, 0.5) is 4.79 Å². The van der Waals surface area contributed by atoms with Crippen molar-refractivity contribution in [1.29, 1.82) is 0 Å². The molecule has 35 heavy (non-hydrogen) atoms. The van der Waals surface area contributed by atoms with E-state index >= 15 is 0 Å². The van der Waals surface area contributed by atoms with E-state index in [2.05, 4.69) is 27.8 Å². The summed E-state index contributed by atoms with van der Waals surface area (Å²) in [4.78, 5) is 40.8. The number of benzene rings is 2. The van der Waals surface area contributed by atoms with Crippen molar-refractivity contribution in [3.8, 4) is 11.1 Å². The first-order chi connectivity index (χ1) is 16.8. The van der Waals surface area contributed by atoms with E-state index in [9.17, 15) is 19.5 Å². The van der Waals surface area contributed by atoms with Gasteiger partial charge in [0, 0.05) is 10.8 Å². The second-order valence-corrected chi connectivity index (χ2v) is 9.51. The van der Waals surface area contributed by atoms with Crippen molar-refractivity contribution in [2.45, 2.75) is 38.5 Å². The van der Waals surface area contributed by atoms with Gasteiger partial charge in [0.15, 0.2) is 6.04 Å². The van der Waals surface area contributed by atoms with Crippen molar-refractivity contribution in [1.82, 2.24) is 15.6 Å². The molecule has 2 unspecified atom stereocenters. The molecule has 2 amide bonds. The number of carboxylic acid groups (broad SMARTS) is 1. The Morgan fingerprint density at radius 2 is 1.69 bits per heavy atom. The second-order valence-electron chi connectivity index (χ2n) is 8.22. The highest BCUT2D eigenvalue weighted by atomic mass is 32.1. The number of aryl methyl sites for hydroxylation is 1. The Labute approximate surface area is 205 Å². The average molecular weight is 496 g/mol. The number of aliphatic hydroxyl groups is 1. The highest BCUT2D eigenvalue weighted by molar-refractivity contribution is 7.11. The van der Waals surface area contributed by atoms with Gasteiger partial charge in [0.1, 0.15) is 17.3 Å². The van der Waals surface area contributed by atoms with Gasteiger partial charge in [0.25, 0.3) is 5.91 Å². The molecule has 182 valence electrons. The quantitative estimate of drug-likeness (QED) is 0.377. The molecule has 0 saturated heterocycles. The molecule has 3 aromatic rings. The number of nitrogens with zero attached hydrogens (tertiary/aromatic N) is 1. The van der Waals surface area contributed by atoms with E-state index in [0.29, 0.717) is 9.88 Å². The molecule has 4 N–H and O–H groups in total. The number of alkyl carbamates (subject to hydrolysis) is 1. The van der Waals surface area contributed by atoms with Gasteiger partial charge in [-0.05, 0) is 36.1 Å². The van der Waals surface area contributed by atoms with Crippen LogP contribution in [0.2, 0.25) is 0 Å². The van der Waals surface area contributed by atoms with Crippen LogP contribution in [0.3, 0.4) is 0 Å². The van der Waals surface area contributed by atoms with E-state index in [1.807, 2.05) is 36.4 Å². The fourth-order valence-corrected chi connectivity index (χ4v) is 5.00. The van der Waals surface area contributed by atoms with Crippen molar-refractivity contribution in [3.63, 3.8) is 0 Å². The minimum absolute atomic E-state index is 0.0474. The molecule has 1 aliphatic rings. The van der Waals surface area contributed by atoms with Gasteiger partial charge in [-0.25, -0.2) is 14.6 Å². The number of thiazole rings is 1. The molecule has 0 saturated carbocycles. The van der Waals surface area contributed by atoms with Crippen LogP contribution in [0.1, 0.15) is 44.3 Å². The minimum Gasteiger partial charge on any atom is -0.480 e. The molecule has 0 bridgehead atoms. The number of aliphatic hydroxyl groups excluding tert-OH is 1. The lowest BCUT2D eigenvalue weighted by atomic mass is 9.98. The van der Waals surface area contributed by atoms with Crippen molar-refractivity contribution in [2.24, 2.45) is 0 Å². The molecule has 2 atom stereocenters. The topological polar surface area (TPSA) is 138 Å². The summed E-state index contributed by atoms with van der Waals surface area (Å²) in [7, 11) is 0. The Kier molecular flexibility index (Phi) is 7.13. The average Bonchev–Trinajstić information content (AvgIpc) is 3.37. The fourth-order valence-electron chi connectivity index (χ4n) is 4.13. The van der Waals surface area contributed by atoms with Crippen LogP contribution in [0, 0.1) is 6.92 Å². The van der Waals surface area contributed by atoms with Crippen LogP contribution in [-0.2, 0) is 16.1 Å². The summed E-state index contributed by atoms with van der Waals surface area (Å²) in [5, 5.41) is 24.1. The van der Waals surface area contributed by atoms with E-state index in [1.54, 1.807) is 6.92 Å². The maximum Gasteiger partial charge on any atom is 0.407 e. The standard InChI is InChI=1S/C25H25N3O6S/c1-13(29)21(24(31)32)28-23(30)22-14(2)35-20(27-22)11-26-25(33)34-12-19-17-9-5-3-7-15(17)16-8-4-6-10-18(16)19/h3-10,13,19,21,29H,11-12H2,1-2H3,(H,26,33)(H,28,30)(H,31,32). The number of aromatic nitrogens is 1. The van der Waals surface area contributed by atoms with Gasteiger partial charge in [-0.3, -0.25) is 4.79 Å². The molecule has 1 aromatic heterocycles. The van der Waals surface area contributed by atoms with Crippen molar-refractivity contribution in [3.05, 3.63) is 75.2 Å². The van der Waals surface area contributed by atoms with E-state index in [-0.39, 0.29) is 24.8 Å². The molecule has 9 nitrogen and oxygen atoms in total. The number of amides is 2. The molecule has 2 aromatic carbocycles. The molecule has 1 heterocycles. The first-order valence-electron chi connectivity index (χ1n) is 11.0. The van der Waals surface area contributed by atoms with E-state index in [0.717, 1.165) is 22.3 Å². The van der Waals surface area contributed by atoms with Crippen LogP contribution in [0.5, 0.6) is 0 Å². The summed E-state index contributed by atoms with van der Waals surface area (Å²) < 4.78 is 5.51. The Morgan fingerprint density at radius 1 is 1.09 bits per heavy atom. The Hall–Kier alpha value is -3.76. The monoisotopic (exact) mass is 495 g/mol. The zero-order chi connectivity index (χ0) is 25.1. The Bertz CT molecular complexity index is 1230. The molecule has 1 aliphatic carbocycles. The number of carboxylic acids is 1. The van der Waals surface area contributed by atoms with E-state index in [1.165, 1.54) is 18.3 Å². The predicted octanol–water partition coefficient (Wildman–Crippen LogP) is 3.05. The fraction of sp³-hybridized carbons (Fsp3) is 0.280. The van der Waals surface area contributed by atoms with Crippen LogP contribution in [0.15, 0.2) is 48.5 Å². The summed E-state index contributed by atoms with van der Waals surface area (Å²) >= 11 is 1.20. The number of hydrogen-bond acceptors (Lipinski definition) is 7. The lowest BCUT2D eigenvalue weighted by molar-refractivity contribution is -0.141. The molecular formula is C25H25N3O6S. The summed E-state index contributed by atoms with van der Waals surface area (Å²) in [6, 6.07) is 14.7. The van der Waals surface area contributed by atoms with Crippen LogP contribution >= 0.6 is 11.3 Å². The van der Waals surface area contributed by atoms with E-state index in [4.69, 9.17) is 9.84 Å². The highest BCUT2D eigenvalue weighted by Gasteiger charge is 2.29. The number of ether oxygens (including phenoxy) is 1. The molecule has 0 aliphatic heterocycles. The van der Waals surface area contributed by atoms with Crippen LogP contribution in [0.25, 0.3) is 11.1 Å². The lowest BCUT2D eigenvalue weighted by Crippen LogP contribution is -2.47. The number of carbonyl (C=O) groups excluding carboxylic acids is 2. The van der Waals surface area contributed by atoms with E-state index < -0.39 is 30.1 Å². The van der Waals surface area contributed by atoms with Gasteiger partial charge in [-0.2, -0.15) is 0 Å². The van der Waals surface area contributed by atoms with Crippen molar-refractivity contribution < 1.29 is 29.3 Å². The van der Waals surface area contributed by atoms with Crippen molar-refractivity contribution in [2.75, 3.05) is 6.61 Å². The summed E-state index contributed by atoms with van der Waals surface area (Å²) in [5.41, 5.74) is 4.56. The Morgan fingerprint density at radius 3 is 2.26 bits per heavy atom. The number of fused-ring (bicyclic) bond motifs is 3. The molecule has 10 heteroatoms. The SMILES string of the molecule is Cc1sc(CNC(=O)OCC2c3ccccc3-c3ccccc32)nc1C(=O)NC(C(=O)O)C(C)O. The number of hydrogen-bond donors (Lipinski definition) is 4. The third kappa shape index (κ3) is 5.18. The normalized spacial score (nSPS) is 13.9.